The molecule has 0 N–H and O–H groups in total. The molecule has 1 unspecified atom stereocenters. The molecule has 19 heavy (non-hydrogen) atoms. The van der Waals surface area contributed by atoms with E-state index in [-0.39, 0.29) is 6.03 Å². The normalized spacial score (nSPS) is 19.1. The summed E-state index contributed by atoms with van der Waals surface area (Å²) in [5.74, 6) is 1.40. The number of piperidine rings is 1. The predicted octanol–water partition coefficient (Wildman–Crippen LogP) is 2.98. The number of benzene rings is 1. The number of anilines is 1. The van der Waals surface area contributed by atoms with E-state index in [0.717, 1.165) is 30.9 Å². The van der Waals surface area contributed by atoms with Crippen molar-refractivity contribution in [2.45, 2.75) is 19.8 Å². The lowest BCUT2D eigenvalue weighted by Gasteiger charge is -2.34. The van der Waals surface area contributed by atoms with Crippen LogP contribution in [0.1, 0.15) is 19.8 Å². The number of urea groups is 1. The molecule has 4 nitrogen and oxygen atoms in total. The first-order valence-electron chi connectivity index (χ1n) is 6.78. The Morgan fingerprint density at radius 1 is 1.37 bits per heavy atom. The van der Waals surface area contributed by atoms with Gasteiger partial charge in [0, 0.05) is 25.8 Å². The van der Waals surface area contributed by atoms with Gasteiger partial charge in [0.15, 0.2) is 0 Å². The minimum Gasteiger partial charge on any atom is -0.497 e. The molecule has 0 radical (unpaired) electrons. The zero-order valence-corrected chi connectivity index (χ0v) is 11.9. The van der Waals surface area contributed by atoms with Gasteiger partial charge < -0.3 is 9.64 Å². The fraction of sp³-hybridized carbons (Fsp3) is 0.533. The molecule has 1 aliphatic rings. The Morgan fingerprint density at radius 3 is 2.63 bits per heavy atom. The van der Waals surface area contributed by atoms with Crippen LogP contribution < -0.4 is 9.64 Å². The number of likely N-dealkylation sites (tertiary alicyclic amines) is 1. The van der Waals surface area contributed by atoms with Crippen molar-refractivity contribution in [3.63, 3.8) is 0 Å². The third-order valence-electron chi connectivity index (χ3n) is 3.67. The number of amides is 2. The van der Waals surface area contributed by atoms with Crippen LogP contribution in [0.2, 0.25) is 0 Å². The van der Waals surface area contributed by atoms with E-state index in [1.807, 2.05) is 36.2 Å². The highest BCUT2D eigenvalue weighted by molar-refractivity contribution is 5.91. The van der Waals surface area contributed by atoms with Gasteiger partial charge in [-0.3, -0.25) is 4.90 Å². The molecule has 0 aliphatic carbocycles. The second kappa shape index (κ2) is 5.95. The summed E-state index contributed by atoms with van der Waals surface area (Å²) in [4.78, 5) is 16.1. The van der Waals surface area contributed by atoms with Crippen LogP contribution in [0.4, 0.5) is 10.5 Å². The van der Waals surface area contributed by atoms with Gasteiger partial charge in [0.05, 0.1) is 7.11 Å². The van der Waals surface area contributed by atoms with Crippen molar-refractivity contribution in [3.8, 4) is 5.75 Å². The Bertz CT molecular complexity index is 430. The van der Waals surface area contributed by atoms with Crippen molar-refractivity contribution in [1.82, 2.24) is 4.90 Å². The van der Waals surface area contributed by atoms with E-state index in [2.05, 4.69) is 6.92 Å². The molecule has 104 valence electrons. The van der Waals surface area contributed by atoms with E-state index >= 15 is 0 Å². The van der Waals surface area contributed by atoms with Gasteiger partial charge in [0.1, 0.15) is 5.75 Å². The number of methoxy groups -OCH3 is 1. The van der Waals surface area contributed by atoms with Crippen LogP contribution in [0.3, 0.4) is 0 Å². The van der Waals surface area contributed by atoms with Gasteiger partial charge in [-0.15, -0.1) is 0 Å². The quantitative estimate of drug-likeness (QED) is 0.821. The molecule has 1 aromatic rings. The molecular formula is C15H22N2O2. The third kappa shape index (κ3) is 3.19. The van der Waals surface area contributed by atoms with Crippen LogP contribution in [0.15, 0.2) is 24.3 Å². The number of carbonyl (C=O) groups excluding carboxylic acids is 1. The topological polar surface area (TPSA) is 32.8 Å². The average molecular weight is 262 g/mol. The molecule has 0 aromatic heterocycles. The molecule has 2 rings (SSSR count). The average Bonchev–Trinajstić information content (AvgIpc) is 2.46. The zero-order chi connectivity index (χ0) is 13.8. The number of rotatable bonds is 2. The standard InChI is InChI=1S/C15H22N2O2/c1-12-5-4-10-17(11-12)15(18)16(2)13-6-8-14(19-3)9-7-13/h6-9,12H,4-5,10-11H2,1-3H3. The molecule has 1 atom stereocenters. The van der Waals surface area contributed by atoms with E-state index in [4.69, 9.17) is 4.74 Å². The smallest absolute Gasteiger partial charge is 0.324 e. The van der Waals surface area contributed by atoms with Crippen LogP contribution in [-0.2, 0) is 0 Å². The Morgan fingerprint density at radius 2 is 2.05 bits per heavy atom. The molecule has 1 saturated heterocycles. The SMILES string of the molecule is COc1ccc(N(C)C(=O)N2CCCC(C)C2)cc1. The van der Waals surface area contributed by atoms with Crippen LogP contribution in [-0.4, -0.2) is 38.2 Å². The minimum atomic E-state index is 0.0803. The van der Waals surface area contributed by atoms with Gasteiger partial charge in [-0.1, -0.05) is 6.92 Å². The minimum absolute atomic E-state index is 0.0803. The molecule has 1 aromatic carbocycles. The maximum atomic E-state index is 12.4. The van der Waals surface area contributed by atoms with Crippen molar-refractivity contribution >= 4 is 11.7 Å². The van der Waals surface area contributed by atoms with Gasteiger partial charge in [0.25, 0.3) is 0 Å². The molecular weight excluding hydrogens is 240 g/mol. The molecule has 0 saturated carbocycles. The highest BCUT2D eigenvalue weighted by Crippen LogP contribution is 2.21. The lowest BCUT2D eigenvalue weighted by molar-refractivity contribution is 0.177. The Balaban J connectivity index is 2.05. The highest BCUT2D eigenvalue weighted by atomic mass is 16.5. The van der Waals surface area contributed by atoms with E-state index in [1.54, 1.807) is 12.0 Å². The van der Waals surface area contributed by atoms with Crippen molar-refractivity contribution in [1.29, 1.82) is 0 Å². The summed E-state index contributed by atoms with van der Waals surface area (Å²) in [6.07, 6.45) is 2.32. The molecule has 2 amide bonds. The Labute approximate surface area is 115 Å². The summed E-state index contributed by atoms with van der Waals surface area (Å²) in [5.41, 5.74) is 0.893. The van der Waals surface area contributed by atoms with Gasteiger partial charge in [-0.25, -0.2) is 4.79 Å². The summed E-state index contributed by atoms with van der Waals surface area (Å²) in [5, 5.41) is 0. The molecule has 1 aliphatic heterocycles. The number of ether oxygens (including phenoxy) is 1. The van der Waals surface area contributed by atoms with Crippen molar-refractivity contribution in [2.75, 3.05) is 32.1 Å². The molecule has 0 spiro atoms. The lowest BCUT2D eigenvalue weighted by Crippen LogP contribution is -2.45. The first-order valence-corrected chi connectivity index (χ1v) is 6.78. The molecule has 4 heteroatoms. The second-order valence-corrected chi connectivity index (χ2v) is 5.23. The number of hydrogen-bond donors (Lipinski definition) is 0. The molecule has 1 heterocycles. The maximum Gasteiger partial charge on any atom is 0.324 e. The van der Waals surface area contributed by atoms with Gasteiger partial charge in [0.2, 0.25) is 0 Å². The number of carbonyl (C=O) groups is 1. The monoisotopic (exact) mass is 262 g/mol. The van der Waals surface area contributed by atoms with E-state index in [0.29, 0.717) is 5.92 Å². The number of nitrogens with zero attached hydrogens (tertiary/aromatic N) is 2. The predicted molar refractivity (Wildman–Crippen MR) is 76.8 cm³/mol. The van der Waals surface area contributed by atoms with Gasteiger partial charge in [-0.05, 0) is 43.0 Å². The van der Waals surface area contributed by atoms with Crippen molar-refractivity contribution < 1.29 is 9.53 Å². The van der Waals surface area contributed by atoms with Crippen LogP contribution >= 0.6 is 0 Å². The summed E-state index contributed by atoms with van der Waals surface area (Å²) < 4.78 is 5.13. The summed E-state index contributed by atoms with van der Waals surface area (Å²) in [7, 11) is 3.46. The third-order valence-corrected chi connectivity index (χ3v) is 3.67. The van der Waals surface area contributed by atoms with Gasteiger partial charge >= 0.3 is 6.03 Å². The van der Waals surface area contributed by atoms with E-state index in [9.17, 15) is 4.79 Å². The Hall–Kier alpha value is -1.71. The molecule has 1 fully saturated rings. The summed E-state index contributed by atoms with van der Waals surface area (Å²) >= 11 is 0. The van der Waals surface area contributed by atoms with Crippen molar-refractivity contribution in [2.24, 2.45) is 5.92 Å². The number of hydrogen-bond acceptors (Lipinski definition) is 2. The van der Waals surface area contributed by atoms with Crippen molar-refractivity contribution in [3.05, 3.63) is 24.3 Å². The van der Waals surface area contributed by atoms with E-state index < -0.39 is 0 Å². The second-order valence-electron chi connectivity index (χ2n) is 5.23. The van der Waals surface area contributed by atoms with Gasteiger partial charge in [-0.2, -0.15) is 0 Å². The fourth-order valence-corrected chi connectivity index (χ4v) is 2.49. The Kier molecular flexibility index (Phi) is 4.30. The summed E-state index contributed by atoms with van der Waals surface area (Å²) in [6, 6.07) is 7.64. The van der Waals surface area contributed by atoms with Crippen LogP contribution in [0.25, 0.3) is 0 Å². The molecule has 0 bridgehead atoms. The summed E-state index contributed by atoms with van der Waals surface area (Å²) in [6.45, 7) is 3.93. The first-order chi connectivity index (χ1) is 9.11. The first kappa shape index (κ1) is 13.7. The van der Waals surface area contributed by atoms with E-state index in [1.165, 1.54) is 6.42 Å². The largest absolute Gasteiger partial charge is 0.497 e. The fourth-order valence-electron chi connectivity index (χ4n) is 2.49. The highest BCUT2D eigenvalue weighted by Gasteiger charge is 2.24. The lowest BCUT2D eigenvalue weighted by atomic mass is 10.0. The van der Waals surface area contributed by atoms with Crippen LogP contribution in [0, 0.1) is 5.92 Å². The maximum absolute atomic E-state index is 12.4. The van der Waals surface area contributed by atoms with Crippen LogP contribution in [0.5, 0.6) is 5.75 Å². The zero-order valence-electron chi connectivity index (χ0n) is 11.9.